The minimum Gasteiger partial charge on any atom is -0.508 e. The molecule has 0 unspecified atom stereocenters. The molecule has 0 aliphatic carbocycles. The fraction of sp³-hybridized carbons (Fsp3) is 0.491. The van der Waals surface area contributed by atoms with E-state index in [-0.39, 0.29) is 69.1 Å². The molecule has 1 aliphatic rings. The highest BCUT2D eigenvalue weighted by Gasteiger charge is 2.35. The highest BCUT2D eigenvalue weighted by molar-refractivity contribution is 7.80. The Bertz CT molecular complexity index is 2820. The number of para-hydroxylation sites is 1. The number of fused-ring (bicyclic) bond motifs is 1. The summed E-state index contributed by atoms with van der Waals surface area (Å²) in [4.78, 5) is 132. The van der Waals surface area contributed by atoms with Crippen molar-refractivity contribution in [3.05, 3.63) is 102 Å². The number of nitrogens with one attached hydrogen (secondary N) is 9. The normalized spacial score (nSPS) is 16.0. The topological polar surface area (TPSA) is 385 Å². The smallest absolute Gasteiger partial charge is 0.244 e. The summed E-state index contributed by atoms with van der Waals surface area (Å²) in [6.07, 6.45) is 0.917. The average molecular weight is 1200 g/mol. The number of aromatic nitrogens is 1. The maximum atomic E-state index is 14.9. The van der Waals surface area contributed by atoms with Crippen LogP contribution in [-0.2, 0) is 62.4 Å². The highest BCUT2D eigenvalue weighted by Crippen LogP contribution is 2.20. The first-order valence-corrected chi connectivity index (χ1v) is 29.3. The molecular formula is C57H81N13O12S2. The first-order chi connectivity index (χ1) is 40.3. The second kappa shape index (κ2) is 34.5. The lowest BCUT2D eigenvalue weighted by molar-refractivity contribution is -0.136. The summed E-state index contributed by atoms with van der Waals surface area (Å²) in [5.74, 6) is -7.66. The quantitative estimate of drug-likeness (QED) is 0.0172. The number of phenols is 1. The molecule has 0 radical (unpaired) electrons. The van der Waals surface area contributed by atoms with E-state index in [4.69, 9.17) is 11.5 Å². The predicted octanol–water partition coefficient (Wildman–Crippen LogP) is -2.35. The van der Waals surface area contributed by atoms with Gasteiger partial charge in [-0.25, -0.2) is 0 Å². The fourth-order valence-corrected chi connectivity index (χ4v) is 9.96. The van der Waals surface area contributed by atoms with Gasteiger partial charge in [-0.15, -0.1) is 0 Å². The van der Waals surface area contributed by atoms with Crippen LogP contribution in [0.25, 0.3) is 10.9 Å². The number of H-pyrrole nitrogens is 1. The summed E-state index contributed by atoms with van der Waals surface area (Å²) in [6, 6.07) is 11.4. The Morgan fingerprint density at radius 3 is 1.63 bits per heavy atom. The van der Waals surface area contributed by atoms with Gasteiger partial charge in [-0.05, 0) is 74.0 Å². The summed E-state index contributed by atoms with van der Waals surface area (Å²) in [7, 11) is 0. The molecule has 1 aromatic heterocycles. The Hall–Kier alpha value is -7.27. The summed E-state index contributed by atoms with van der Waals surface area (Å²) < 4.78 is 0. The Morgan fingerprint density at radius 1 is 0.595 bits per heavy atom. The molecule has 4 aromatic rings. The van der Waals surface area contributed by atoms with Crippen molar-refractivity contribution in [3.8, 4) is 5.75 Å². The number of thiol groups is 2. The van der Waals surface area contributed by atoms with Crippen LogP contribution in [0.3, 0.4) is 0 Å². The number of nitrogens with zero attached hydrogens (tertiary/aromatic N) is 2. The molecule has 0 bridgehead atoms. The van der Waals surface area contributed by atoms with Crippen LogP contribution < -0.4 is 54.0 Å². The van der Waals surface area contributed by atoms with Gasteiger partial charge in [-0.1, -0.05) is 67.6 Å². The van der Waals surface area contributed by atoms with Crippen LogP contribution in [0.15, 0.2) is 85.1 Å². The number of phenolic OH excluding ortho intramolecular Hbond substituents is 1. The van der Waals surface area contributed by atoms with E-state index in [1.54, 1.807) is 55.6 Å². The molecular weight excluding hydrogens is 1120 g/mol. The summed E-state index contributed by atoms with van der Waals surface area (Å²) >= 11 is 8.58. The Labute approximate surface area is 499 Å². The number of β-amino-alcohol motifs (C(OH)–C–C–N with tert-alkyl or cyclic N) is 1. The number of carbonyl (C=O) groups excluding carboxylic acids is 9. The number of piperazine rings is 1. The zero-order chi connectivity index (χ0) is 61.3. The zero-order valence-corrected chi connectivity index (χ0v) is 49.0. The SMILES string of the molecule is CC[C@H](NC(=O)[C@H](CCCCN)NC(=O)[C@@H](Cc1c[nH]c2ccccc12)NC(=O)[C@H](Cc1ccc(O)cc1)NC(=O)[C@H](CS)NC(=O)[C@@H](Cc1ccccc1)NC(=O)CN1CCN(CCO)CC1)C(=O)N[C@@H](CS)C(=O)N[C@H](C(N)=O)[C@@H](C)O. The lowest BCUT2D eigenvalue weighted by Crippen LogP contribution is -2.61. The van der Waals surface area contributed by atoms with Gasteiger partial charge in [-0.3, -0.25) is 53.0 Å². The Morgan fingerprint density at radius 2 is 1.07 bits per heavy atom. The molecule has 1 aliphatic heterocycles. The van der Waals surface area contributed by atoms with E-state index in [2.05, 4.69) is 77.7 Å². The van der Waals surface area contributed by atoms with E-state index in [0.717, 1.165) is 16.5 Å². The Kier molecular flexibility index (Phi) is 27.7. The monoisotopic (exact) mass is 1200 g/mol. The second-order valence-corrected chi connectivity index (χ2v) is 21.4. The molecule has 5 rings (SSSR count). The van der Waals surface area contributed by atoms with E-state index < -0.39 is 108 Å². The van der Waals surface area contributed by atoms with Crippen molar-refractivity contribution in [3.63, 3.8) is 0 Å². The maximum Gasteiger partial charge on any atom is 0.244 e. The number of hydrogen-bond donors (Lipinski definition) is 16. The number of benzene rings is 3. The van der Waals surface area contributed by atoms with Gasteiger partial charge in [0.25, 0.3) is 0 Å². The van der Waals surface area contributed by atoms with E-state index in [1.807, 2.05) is 29.2 Å². The molecule has 0 spiro atoms. The van der Waals surface area contributed by atoms with Gasteiger partial charge in [0, 0.05) is 80.6 Å². The van der Waals surface area contributed by atoms with E-state index in [1.165, 1.54) is 19.1 Å². The molecule has 25 nitrogen and oxygen atoms in total. The molecule has 3 aromatic carbocycles. The van der Waals surface area contributed by atoms with Crippen molar-refractivity contribution in [1.29, 1.82) is 0 Å². The fourth-order valence-electron chi connectivity index (χ4n) is 9.44. The van der Waals surface area contributed by atoms with Gasteiger partial charge >= 0.3 is 0 Å². The molecule has 0 saturated carbocycles. The zero-order valence-electron chi connectivity index (χ0n) is 47.3. The number of aromatic amines is 1. The van der Waals surface area contributed by atoms with Crippen molar-refractivity contribution in [1.82, 2.24) is 57.3 Å². The van der Waals surface area contributed by atoms with Crippen LogP contribution in [0.1, 0.15) is 56.2 Å². The van der Waals surface area contributed by atoms with Gasteiger partial charge in [0.15, 0.2) is 0 Å². The molecule has 458 valence electrons. The summed E-state index contributed by atoms with van der Waals surface area (Å²) in [6.45, 7) is 6.12. The number of carbonyl (C=O) groups is 9. The minimum atomic E-state index is -1.47. The third-order valence-electron chi connectivity index (χ3n) is 14.3. The number of aliphatic hydroxyl groups is 2. The molecule has 27 heteroatoms. The van der Waals surface area contributed by atoms with Gasteiger partial charge in [0.05, 0.1) is 19.3 Å². The van der Waals surface area contributed by atoms with E-state index in [0.29, 0.717) is 56.7 Å². The van der Waals surface area contributed by atoms with Crippen molar-refractivity contribution >= 4 is 89.3 Å². The molecule has 1 saturated heterocycles. The number of hydrogen-bond acceptors (Lipinski definition) is 17. The van der Waals surface area contributed by atoms with Crippen LogP contribution in [0.5, 0.6) is 5.75 Å². The molecule has 9 amide bonds. The minimum absolute atomic E-state index is 0.00547. The molecule has 9 atom stereocenters. The standard InChI is InChI=1S/C57H81N13O12S2/c1-3-40(51(76)66-47(33-84)57(82)68-49(34(2)72)50(59)75)62-52(77)42(15-9-10-20-58)63-55(80)45(29-37-30-60-41-14-8-7-13-39(37)41)65-54(79)44(28-36-16-18-38(73)19-17-36)64-56(81)46(32-83)67-53(78)43(27-35-11-5-4-6-12-35)61-48(74)31-70-23-21-69(22-24-70)25-26-71/h4-8,11-14,16-19,30,34,40,42-47,49,60,71-73,83-84H,3,9-10,15,20-29,31-33,58H2,1-2H3,(H2,59,75)(H,61,74)(H,62,77)(H,63,80)(H,64,81)(H,65,79)(H,66,76)(H,67,78)(H,68,82)/t34-,40+,42+,43-,44+,45-,46+,47+,49+/m1/s1. The van der Waals surface area contributed by atoms with Gasteiger partial charge < -0.3 is 74.3 Å². The molecule has 16 N–H and O–H groups in total. The van der Waals surface area contributed by atoms with Crippen LogP contribution in [0.2, 0.25) is 0 Å². The predicted molar refractivity (Wildman–Crippen MR) is 321 cm³/mol. The lowest BCUT2D eigenvalue weighted by Gasteiger charge is -2.34. The van der Waals surface area contributed by atoms with E-state index in [9.17, 15) is 58.5 Å². The van der Waals surface area contributed by atoms with Crippen molar-refractivity contribution < 1.29 is 58.5 Å². The number of amides is 9. The molecule has 1 fully saturated rings. The van der Waals surface area contributed by atoms with E-state index >= 15 is 0 Å². The molecule has 2 heterocycles. The number of aliphatic hydroxyl groups excluding tert-OH is 2. The lowest BCUT2D eigenvalue weighted by atomic mass is 10.0. The van der Waals surface area contributed by atoms with Gasteiger partial charge in [0.1, 0.15) is 54.1 Å². The number of unbranched alkanes of at least 4 members (excludes halogenated alkanes) is 1. The largest absolute Gasteiger partial charge is 0.508 e. The van der Waals surface area contributed by atoms with Crippen molar-refractivity contribution in [2.75, 3.05) is 63.9 Å². The first-order valence-electron chi connectivity index (χ1n) is 28.0. The number of rotatable bonds is 34. The third-order valence-corrected chi connectivity index (χ3v) is 15.0. The summed E-state index contributed by atoms with van der Waals surface area (Å²) in [5.41, 5.74) is 13.7. The van der Waals surface area contributed by atoms with Gasteiger partial charge in [0.2, 0.25) is 53.2 Å². The van der Waals surface area contributed by atoms with Crippen molar-refractivity contribution in [2.45, 2.75) is 113 Å². The maximum absolute atomic E-state index is 14.9. The number of primary amides is 1. The average Bonchev–Trinajstić information content (AvgIpc) is 4.14. The van der Waals surface area contributed by atoms with Crippen LogP contribution in [0, 0.1) is 0 Å². The van der Waals surface area contributed by atoms with Crippen molar-refractivity contribution in [2.24, 2.45) is 11.5 Å². The van der Waals surface area contributed by atoms with Crippen LogP contribution in [-0.4, -0.2) is 202 Å². The Balaban J connectivity index is 1.39. The summed E-state index contributed by atoms with van der Waals surface area (Å²) in [5, 5.41) is 51.5. The second-order valence-electron chi connectivity index (χ2n) is 20.6. The number of nitrogens with two attached hydrogens (primary N) is 2. The molecule has 84 heavy (non-hydrogen) atoms. The highest BCUT2D eigenvalue weighted by atomic mass is 32.1. The van der Waals surface area contributed by atoms with Crippen LogP contribution in [0.4, 0.5) is 0 Å². The third kappa shape index (κ3) is 21.1. The first kappa shape index (κ1) is 67.5. The van der Waals surface area contributed by atoms with Gasteiger partial charge in [-0.2, -0.15) is 25.3 Å². The number of aromatic hydroxyl groups is 1. The van der Waals surface area contributed by atoms with Crippen LogP contribution >= 0.6 is 25.3 Å².